The van der Waals surface area contributed by atoms with Crippen LogP contribution >= 0.6 is 15.9 Å². The molecule has 0 saturated heterocycles. The molecule has 2 rings (SSSR count). The zero-order chi connectivity index (χ0) is 18.2. The predicted octanol–water partition coefficient (Wildman–Crippen LogP) is 2.72. The average Bonchev–Trinajstić information content (AvgIpc) is 3.04. The Balaban J connectivity index is 1.65. The van der Waals surface area contributed by atoms with Gasteiger partial charge < -0.3 is 15.5 Å². The summed E-state index contributed by atoms with van der Waals surface area (Å²) < 4.78 is 6.24. The number of nitrogens with one attached hydrogen (secondary N) is 3. The summed E-state index contributed by atoms with van der Waals surface area (Å²) in [5.41, 5.74) is 6.65. The Kier molecular flexibility index (Phi) is 7.31. The summed E-state index contributed by atoms with van der Waals surface area (Å²) in [6.45, 7) is 5.58. The highest BCUT2D eigenvalue weighted by atomic mass is 79.9. The Morgan fingerprint density at radius 3 is 2.64 bits per heavy atom. The second-order valence-corrected chi connectivity index (χ2v) is 7.08. The van der Waals surface area contributed by atoms with Crippen LogP contribution in [0.4, 0.5) is 0 Å². The van der Waals surface area contributed by atoms with E-state index < -0.39 is 0 Å². The summed E-state index contributed by atoms with van der Waals surface area (Å²) in [6.07, 6.45) is 4.53. The number of ether oxygens (including phenoxy) is 1. The van der Waals surface area contributed by atoms with E-state index in [1.54, 1.807) is 6.07 Å². The van der Waals surface area contributed by atoms with Gasteiger partial charge in [-0.2, -0.15) is 0 Å². The summed E-state index contributed by atoms with van der Waals surface area (Å²) in [4.78, 5) is 23.7. The zero-order valence-electron chi connectivity index (χ0n) is 14.4. The maximum atomic E-state index is 11.9. The number of benzene rings is 1. The molecule has 6 nitrogen and oxygen atoms in total. The molecule has 0 heterocycles. The average molecular weight is 410 g/mol. The standard InChI is InChI=1S/C18H24BrN3O3/c1-12-7-8-16(15(19)9-12)25-11-18(24)22-21-13(2)10-17(23)20-14-5-3-4-6-14/h7-9,14,21H,2-6,10-11H2,1H3,(H,20,23)(H,22,24). The van der Waals surface area contributed by atoms with Crippen LogP contribution in [0.1, 0.15) is 37.7 Å². The van der Waals surface area contributed by atoms with Crippen molar-refractivity contribution in [2.45, 2.75) is 45.1 Å². The molecular formula is C18H24BrN3O3. The van der Waals surface area contributed by atoms with Crippen LogP contribution in [0.25, 0.3) is 0 Å². The Bertz CT molecular complexity index is 642. The lowest BCUT2D eigenvalue weighted by molar-refractivity contribution is -0.124. The molecule has 0 atom stereocenters. The van der Waals surface area contributed by atoms with E-state index in [4.69, 9.17) is 4.74 Å². The largest absolute Gasteiger partial charge is 0.483 e. The normalized spacial score (nSPS) is 14.0. The Hall–Kier alpha value is -2.02. The van der Waals surface area contributed by atoms with E-state index in [1.807, 2.05) is 19.1 Å². The topological polar surface area (TPSA) is 79.5 Å². The van der Waals surface area contributed by atoms with Crippen LogP contribution in [0, 0.1) is 6.92 Å². The van der Waals surface area contributed by atoms with Gasteiger partial charge in [0.05, 0.1) is 10.9 Å². The molecule has 1 aromatic carbocycles. The fourth-order valence-electron chi connectivity index (χ4n) is 2.65. The first kappa shape index (κ1) is 19.3. The molecule has 1 aromatic rings. The molecule has 0 spiro atoms. The van der Waals surface area contributed by atoms with Crippen molar-refractivity contribution in [3.63, 3.8) is 0 Å². The highest BCUT2D eigenvalue weighted by molar-refractivity contribution is 9.10. The molecule has 0 aromatic heterocycles. The van der Waals surface area contributed by atoms with Gasteiger partial charge in [-0.25, -0.2) is 0 Å². The van der Waals surface area contributed by atoms with Gasteiger partial charge in [-0.3, -0.25) is 15.0 Å². The predicted molar refractivity (Wildman–Crippen MR) is 99.8 cm³/mol. The van der Waals surface area contributed by atoms with E-state index >= 15 is 0 Å². The van der Waals surface area contributed by atoms with Crippen LogP contribution in [0.5, 0.6) is 5.75 Å². The Morgan fingerprint density at radius 1 is 1.24 bits per heavy atom. The molecule has 3 N–H and O–H groups in total. The first-order valence-corrected chi connectivity index (χ1v) is 9.14. The SMILES string of the molecule is C=C(CC(=O)NC1CCCC1)NNC(=O)COc1ccc(C)cc1Br. The molecule has 1 aliphatic rings. The highest BCUT2D eigenvalue weighted by Gasteiger charge is 2.17. The van der Waals surface area contributed by atoms with Crippen LogP contribution in [-0.4, -0.2) is 24.5 Å². The number of hydrogen-bond acceptors (Lipinski definition) is 4. The lowest BCUT2D eigenvalue weighted by atomic mass is 10.2. The summed E-state index contributed by atoms with van der Waals surface area (Å²) in [6, 6.07) is 5.89. The van der Waals surface area contributed by atoms with Gasteiger partial charge in [0.25, 0.3) is 5.91 Å². The number of carbonyl (C=O) groups is 2. The second-order valence-electron chi connectivity index (χ2n) is 6.22. The van der Waals surface area contributed by atoms with E-state index in [0.29, 0.717) is 11.4 Å². The lowest BCUT2D eigenvalue weighted by Gasteiger charge is -2.14. The van der Waals surface area contributed by atoms with Gasteiger partial charge in [-0.05, 0) is 53.4 Å². The van der Waals surface area contributed by atoms with E-state index in [1.165, 1.54) is 0 Å². The summed E-state index contributed by atoms with van der Waals surface area (Å²) >= 11 is 3.39. The fraction of sp³-hybridized carbons (Fsp3) is 0.444. The van der Waals surface area contributed by atoms with Crippen LogP contribution in [0.15, 0.2) is 34.9 Å². The van der Waals surface area contributed by atoms with Crippen molar-refractivity contribution < 1.29 is 14.3 Å². The van der Waals surface area contributed by atoms with Gasteiger partial charge in [0, 0.05) is 11.7 Å². The molecule has 25 heavy (non-hydrogen) atoms. The third kappa shape index (κ3) is 6.78. The zero-order valence-corrected chi connectivity index (χ0v) is 15.9. The van der Waals surface area contributed by atoms with E-state index in [-0.39, 0.29) is 30.9 Å². The maximum absolute atomic E-state index is 11.9. The molecule has 0 radical (unpaired) electrons. The summed E-state index contributed by atoms with van der Waals surface area (Å²) in [7, 11) is 0. The minimum Gasteiger partial charge on any atom is -0.483 e. The number of hydrogen-bond donors (Lipinski definition) is 3. The number of rotatable bonds is 8. The second kappa shape index (κ2) is 9.46. The molecule has 0 aliphatic heterocycles. The van der Waals surface area contributed by atoms with Crippen LogP contribution in [-0.2, 0) is 9.59 Å². The summed E-state index contributed by atoms with van der Waals surface area (Å²) in [5.74, 6) is 0.152. The van der Waals surface area contributed by atoms with Crippen molar-refractivity contribution in [1.82, 2.24) is 16.2 Å². The molecule has 1 saturated carbocycles. The minimum atomic E-state index is -0.357. The molecule has 136 valence electrons. The van der Waals surface area contributed by atoms with Crippen molar-refractivity contribution in [3.05, 3.63) is 40.5 Å². The molecule has 0 bridgehead atoms. The first-order valence-electron chi connectivity index (χ1n) is 8.35. The van der Waals surface area contributed by atoms with Gasteiger partial charge in [-0.1, -0.05) is 25.5 Å². The smallest absolute Gasteiger partial charge is 0.276 e. The van der Waals surface area contributed by atoms with Gasteiger partial charge in [-0.15, -0.1) is 0 Å². The van der Waals surface area contributed by atoms with Crippen molar-refractivity contribution in [2.24, 2.45) is 0 Å². The lowest BCUT2D eigenvalue weighted by Crippen LogP contribution is -2.41. The van der Waals surface area contributed by atoms with Crippen LogP contribution < -0.4 is 20.9 Å². The fourth-order valence-corrected chi connectivity index (χ4v) is 3.25. The number of hydrazine groups is 1. The van der Waals surface area contributed by atoms with E-state index in [0.717, 1.165) is 35.7 Å². The quantitative estimate of drug-likeness (QED) is 0.576. The first-order chi connectivity index (χ1) is 11.9. The molecule has 2 amide bonds. The molecule has 1 aliphatic carbocycles. The van der Waals surface area contributed by atoms with Crippen molar-refractivity contribution >= 4 is 27.7 Å². The monoisotopic (exact) mass is 409 g/mol. The third-order valence-corrected chi connectivity index (χ3v) is 4.54. The van der Waals surface area contributed by atoms with Gasteiger partial charge in [0.1, 0.15) is 5.75 Å². The van der Waals surface area contributed by atoms with Crippen molar-refractivity contribution in [1.29, 1.82) is 0 Å². The Labute approximate surface area is 156 Å². The third-order valence-electron chi connectivity index (χ3n) is 3.92. The molecular weight excluding hydrogens is 386 g/mol. The number of amides is 2. The highest BCUT2D eigenvalue weighted by Crippen LogP contribution is 2.25. The van der Waals surface area contributed by atoms with Crippen LogP contribution in [0.2, 0.25) is 0 Å². The van der Waals surface area contributed by atoms with E-state index in [9.17, 15) is 9.59 Å². The minimum absolute atomic E-state index is 0.0847. The Morgan fingerprint density at radius 2 is 1.96 bits per heavy atom. The van der Waals surface area contributed by atoms with Gasteiger partial charge >= 0.3 is 0 Å². The summed E-state index contributed by atoms with van der Waals surface area (Å²) in [5, 5.41) is 2.97. The molecule has 0 unspecified atom stereocenters. The molecule has 7 heteroatoms. The number of aryl methyl sites for hydroxylation is 1. The van der Waals surface area contributed by atoms with Crippen LogP contribution in [0.3, 0.4) is 0 Å². The van der Waals surface area contributed by atoms with E-state index in [2.05, 4.69) is 38.7 Å². The maximum Gasteiger partial charge on any atom is 0.276 e. The van der Waals surface area contributed by atoms with Crippen molar-refractivity contribution in [2.75, 3.05) is 6.61 Å². The molecule has 1 fully saturated rings. The van der Waals surface area contributed by atoms with Gasteiger partial charge in [0.15, 0.2) is 6.61 Å². The van der Waals surface area contributed by atoms with Crippen molar-refractivity contribution in [3.8, 4) is 5.75 Å². The van der Waals surface area contributed by atoms with Gasteiger partial charge in [0.2, 0.25) is 5.91 Å². The number of halogens is 1. The number of carbonyl (C=O) groups excluding carboxylic acids is 2.